The van der Waals surface area contributed by atoms with Gasteiger partial charge in [-0.15, -0.1) is 0 Å². The molecule has 2 radical (unpaired) electrons. The fourth-order valence-corrected chi connectivity index (χ4v) is 1.60. The first-order chi connectivity index (χ1) is 10.2. The highest BCUT2D eigenvalue weighted by Crippen LogP contribution is 2.12. The minimum atomic E-state index is -1.64. The fourth-order valence-electron chi connectivity index (χ4n) is 1.60. The van der Waals surface area contributed by atoms with Crippen LogP contribution in [0.5, 0.6) is 0 Å². The summed E-state index contributed by atoms with van der Waals surface area (Å²) in [4.78, 5) is 43.7. The number of carbonyl (C=O) groups is 4. The molecule has 22 heavy (non-hydrogen) atoms. The Morgan fingerprint density at radius 2 is 1.55 bits per heavy atom. The molecule has 0 unspecified atom stereocenters. The van der Waals surface area contributed by atoms with Gasteiger partial charge in [-0.2, -0.15) is 0 Å². The minimum Gasteiger partial charge on any atom is -0.478 e. The fraction of sp³-hybridized carbons (Fsp3) is 0. The molecule has 1 aliphatic heterocycles. The number of aliphatic carboxylic acids is 4. The third-order valence-corrected chi connectivity index (χ3v) is 2.39. The summed E-state index contributed by atoms with van der Waals surface area (Å²) in [7, 11) is 2.13. The lowest BCUT2D eigenvalue weighted by Crippen LogP contribution is -2.67. The van der Waals surface area contributed by atoms with Crippen LogP contribution in [0.25, 0.3) is 0 Å². The van der Waals surface area contributed by atoms with Gasteiger partial charge in [0.25, 0.3) is 7.55 Å². The maximum absolute atomic E-state index is 11.2. The summed E-state index contributed by atoms with van der Waals surface area (Å²) in [5, 5.41) is 40.3. The monoisotopic (exact) mass is 307 g/mol. The molecule has 0 aromatic carbocycles. The Kier molecular flexibility index (Phi) is 5.77. The Bertz CT molecular complexity index is 527. The van der Waals surface area contributed by atoms with Crippen LogP contribution in [-0.4, -0.2) is 71.1 Å². The second-order valence-corrected chi connectivity index (χ2v) is 3.83. The van der Waals surface area contributed by atoms with Crippen LogP contribution < -0.4 is 10.3 Å². The zero-order chi connectivity index (χ0) is 16.9. The topological polar surface area (TPSA) is 176 Å². The molecule has 0 aromatic rings. The van der Waals surface area contributed by atoms with Crippen molar-refractivity contribution in [2.24, 2.45) is 0 Å². The SMILES string of the molecule is O=C(O)/C=C(/B1N[B]N[B]N1/C(=C/C(=O)O)C(=O)O)C(=O)O. The summed E-state index contributed by atoms with van der Waals surface area (Å²) in [5.74, 6) is -6.39. The van der Waals surface area contributed by atoms with E-state index in [1.165, 1.54) is 0 Å². The van der Waals surface area contributed by atoms with Crippen LogP contribution in [0.4, 0.5) is 0 Å². The summed E-state index contributed by atoms with van der Waals surface area (Å²) in [6.07, 6.45) is 0.723. The predicted molar refractivity (Wildman–Crippen MR) is 72.1 cm³/mol. The lowest BCUT2D eigenvalue weighted by Gasteiger charge is -2.35. The summed E-state index contributed by atoms with van der Waals surface area (Å²) >= 11 is 0. The van der Waals surface area contributed by atoms with E-state index >= 15 is 0 Å². The van der Waals surface area contributed by atoms with Crippen LogP contribution in [0.3, 0.4) is 0 Å². The number of rotatable bonds is 6. The Balaban J connectivity index is 3.30. The Morgan fingerprint density at radius 1 is 0.955 bits per heavy atom. The highest BCUT2D eigenvalue weighted by atomic mass is 16.4. The van der Waals surface area contributed by atoms with Crippen molar-refractivity contribution in [1.29, 1.82) is 0 Å². The van der Waals surface area contributed by atoms with E-state index in [1.54, 1.807) is 0 Å². The molecule has 112 valence electrons. The van der Waals surface area contributed by atoms with E-state index in [9.17, 15) is 19.2 Å². The number of hydrogen-bond acceptors (Lipinski definition) is 7. The molecule has 1 heterocycles. The van der Waals surface area contributed by atoms with Crippen molar-refractivity contribution in [3.8, 4) is 0 Å². The molecule has 14 heteroatoms. The second-order valence-electron chi connectivity index (χ2n) is 3.83. The third kappa shape index (κ3) is 4.39. The number of hydrogen-bond donors (Lipinski definition) is 6. The van der Waals surface area contributed by atoms with Gasteiger partial charge in [-0.1, -0.05) is 0 Å². The molecule has 1 saturated heterocycles. The molecule has 0 saturated carbocycles. The standard InChI is InChI=1S/C8H8B3N3O8/c15-5(16)1-3(7(19)20)11-13-9-12-10-14(11)4(8(21)22)2-6(17)18/h1-2,12-13H,(H,15,16)(H,17,18)(H,19,20)(H,21,22)/b3-1+,4-2+. The van der Waals surface area contributed by atoms with Gasteiger partial charge in [0.05, 0.1) is 11.5 Å². The summed E-state index contributed by atoms with van der Waals surface area (Å²) in [6, 6.07) is 0. The molecule has 0 aliphatic carbocycles. The van der Waals surface area contributed by atoms with Crippen LogP contribution in [0.15, 0.2) is 23.3 Å². The van der Waals surface area contributed by atoms with Crippen molar-refractivity contribution in [2.45, 2.75) is 0 Å². The Morgan fingerprint density at radius 3 is 2.00 bits per heavy atom. The van der Waals surface area contributed by atoms with Gasteiger partial charge in [0.2, 0.25) is 0 Å². The number of nitrogens with zero attached hydrogens (tertiary/aromatic N) is 1. The highest BCUT2D eigenvalue weighted by Gasteiger charge is 2.38. The molecular formula is C8H8B3N3O8. The van der Waals surface area contributed by atoms with Gasteiger partial charge in [0.15, 0.2) is 0 Å². The van der Waals surface area contributed by atoms with Crippen molar-refractivity contribution in [2.75, 3.05) is 0 Å². The maximum Gasteiger partial charge on any atom is 0.360 e. The highest BCUT2D eigenvalue weighted by molar-refractivity contribution is 6.82. The largest absolute Gasteiger partial charge is 0.478 e. The van der Waals surface area contributed by atoms with Crippen molar-refractivity contribution in [3.63, 3.8) is 0 Å². The van der Waals surface area contributed by atoms with E-state index in [0.29, 0.717) is 12.2 Å². The van der Waals surface area contributed by atoms with E-state index in [1.807, 2.05) is 0 Å². The predicted octanol–water partition coefficient (Wildman–Crippen LogP) is -3.27. The van der Waals surface area contributed by atoms with Crippen molar-refractivity contribution in [3.05, 3.63) is 23.3 Å². The number of carboxylic acid groups (broad SMARTS) is 4. The van der Waals surface area contributed by atoms with Gasteiger partial charge >= 0.3 is 38.4 Å². The zero-order valence-corrected chi connectivity index (χ0v) is 10.8. The van der Waals surface area contributed by atoms with E-state index < -0.39 is 42.0 Å². The molecule has 0 amide bonds. The van der Waals surface area contributed by atoms with Crippen LogP contribution >= 0.6 is 0 Å². The lowest BCUT2D eigenvalue weighted by atomic mass is 9.56. The normalized spacial score (nSPS) is 15.6. The molecule has 1 rings (SSSR count). The van der Waals surface area contributed by atoms with E-state index in [0.717, 1.165) is 19.8 Å². The first-order valence-electron chi connectivity index (χ1n) is 5.55. The minimum absolute atomic E-state index is 0.348. The molecule has 0 spiro atoms. The molecule has 0 bridgehead atoms. The van der Waals surface area contributed by atoms with Gasteiger partial charge in [-0.05, 0) is 0 Å². The second kappa shape index (κ2) is 7.33. The molecule has 0 atom stereocenters. The first kappa shape index (κ1) is 17.3. The quantitative estimate of drug-likeness (QED) is 0.214. The third-order valence-electron chi connectivity index (χ3n) is 2.39. The average molecular weight is 307 g/mol. The molecule has 1 aliphatic rings. The Hall–Kier alpha value is -2.73. The zero-order valence-electron chi connectivity index (χ0n) is 10.8. The van der Waals surface area contributed by atoms with Crippen molar-refractivity contribution in [1.82, 2.24) is 15.0 Å². The maximum atomic E-state index is 11.2. The van der Waals surface area contributed by atoms with E-state index in [2.05, 4.69) is 10.3 Å². The van der Waals surface area contributed by atoms with Gasteiger partial charge in [-0.3, -0.25) is 0 Å². The van der Waals surface area contributed by atoms with Gasteiger partial charge in [0.1, 0.15) is 5.70 Å². The molecule has 11 nitrogen and oxygen atoms in total. The summed E-state index contributed by atoms with van der Waals surface area (Å²) in [6.45, 7) is -1.43. The molecule has 1 fully saturated rings. The smallest absolute Gasteiger partial charge is 0.360 e. The van der Waals surface area contributed by atoms with Crippen LogP contribution in [-0.2, 0) is 19.2 Å². The van der Waals surface area contributed by atoms with Crippen molar-refractivity contribution >= 4 is 46.0 Å². The Labute approximate surface area is 125 Å². The number of carboxylic acids is 4. The van der Waals surface area contributed by atoms with Crippen molar-refractivity contribution < 1.29 is 39.6 Å². The van der Waals surface area contributed by atoms with Crippen LogP contribution in [0.1, 0.15) is 0 Å². The summed E-state index contributed by atoms with van der Waals surface area (Å²) < 4.78 is 0.735. The first-order valence-corrected chi connectivity index (χ1v) is 5.55. The van der Waals surface area contributed by atoms with Gasteiger partial charge in [-0.25, -0.2) is 19.2 Å². The number of nitrogens with one attached hydrogen (secondary N) is 2. The van der Waals surface area contributed by atoms with E-state index in [4.69, 9.17) is 20.4 Å². The average Bonchev–Trinajstić information content (AvgIpc) is 2.41. The van der Waals surface area contributed by atoms with E-state index in [-0.39, 0.29) is 0 Å². The summed E-state index contributed by atoms with van der Waals surface area (Å²) in [5.41, 5.74) is -1.47. The van der Waals surface area contributed by atoms with Crippen LogP contribution in [0.2, 0.25) is 0 Å². The lowest BCUT2D eigenvalue weighted by molar-refractivity contribution is -0.135. The molecule has 6 N–H and O–H groups in total. The molecule has 0 aromatic heterocycles. The van der Waals surface area contributed by atoms with Gasteiger partial charge in [0, 0.05) is 6.08 Å². The van der Waals surface area contributed by atoms with Crippen LogP contribution in [0, 0.1) is 0 Å². The molecular weight excluding hydrogens is 299 g/mol. The van der Waals surface area contributed by atoms with Gasteiger partial charge < -0.3 is 35.4 Å².